The Bertz CT molecular complexity index is 324. The number of hydrogen-bond donors (Lipinski definition) is 1. The van der Waals surface area contributed by atoms with Gasteiger partial charge in [0.1, 0.15) is 5.60 Å². The molecule has 1 aliphatic carbocycles. The third-order valence-corrected chi connectivity index (χ3v) is 3.81. The molecule has 3 heteroatoms. The second-order valence-electron chi connectivity index (χ2n) is 4.72. The van der Waals surface area contributed by atoms with E-state index >= 15 is 0 Å². The molecule has 0 aliphatic heterocycles. The zero-order valence-electron chi connectivity index (χ0n) is 9.61. The molecule has 1 fully saturated rings. The Balaban J connectivity index is 2.13. The second-order valence-corrected chi connectivity index (χ2v) is 4.72. The van der Waals surface area contributed by atoms with Crippen LogP contribution in [-0.4, -0.2) is 14.9 Å². The molecule has 1 saturated carbocycles. The highest BCUT2D eigenvalue weighted by atomic mass is 16.3. The minimum absolute atomic E-state index is 0.628. The number of aromatic nitrogens is 2. The van der Waals surface area contributed by atoms with E-state index in [0.29, 0.717) is 0 Å². The van der Waals surface area contributed by atoms with Gasteiger partial charge >= 0.3 is 0 Å². The molecule has 15 heavy (non-hydrogen) atoms. The predicted octanol–water partition coefficient (Wildman–Crippen LogP) is 2.21. The first-order chi connectivity index (χ1) is 7.15. The van der Waals surface area contributed by atoms with Crippen LogP contribution in [0.5, 0.6) is 0 Å². The molecule has 3 nitrogen and oxygen atoms in total. The fourth-order valence-electron chi connectivity index (χ4n) is 2.65. The van der Waals surface area contributed by atoms with E-state index < -0.39 is 5.60 Å². The predicted molar refractivity (Wildman–Crippen MR) is 59.4 cm³/mol. The molecule has 0 amide bonds. The van der Waals surface area contributed by atoms with E-state index in [2.05, 4.69) is 12.0 Å². The summed E-state index contributed by atoms with van der Waals surface area (Å²) in [7, 11) is 1.90. The molecule has 1 heterocycles. The van der Waals surface area contributed by atoms with Crippen LogP contribution >= 0.6 is 0 Å². The van der Waals surface area contributed by atoms with Gasteiger partial charge in [0.05, 0.1) is 5.69 Å². The quantitative estimate of drug-likeness (QED) is 0.809. The highest BCUT2D eigenvalue weighted by molar-refractivity contribution is 5.12. The molecule has 84 valence electrons. The van der Waals surface area contributed by atoms with Crippen LogP contribution in [0.4, 0.5) is 0 Å². The maximum atomic E-state index is 10.6. The Labute approximate surface area is 91.1 Å². The summed E-state index contributed by atoms with van der Waals surface area (Å²) in [5.74, 6) is 0.804. The summed E-state index contributed by atoms with van der Waals surface area (Å²) in [6, 6.07) is 1.94. The van der Waals surface area contributed by atoms with Crippen molar-refractivity contribution in [1.82, 2.24) is 9.78 Å². The highest BCUT2D eigenvalue weighted by Gasteiger charge is 2.36. The maximum absolute atomic E-state index is 10.6. The van der Waals surface area contributed by atoms with Crippen molar-refractivity contribution in [3.05, 3.63) is 18.0 Å². The molecule has 1 N–H and O–H groups in total. The third-order valence-electron chi connectivity index (χ3n) is 3.81. The van der Waals surface area contributed by atoms with E-state index in [1.165, 1.54) is 6.42 Å². The summed E-state index contributed by atoms with van der Waals surface area (Å²) in [5, 5.41) is 14.7. The van der Waals surface area contributed by atoms with E-state index in [0.717, 1.165) is 37.3 Å². The van der Waals surface area contributed by atoms with Crippen molar-refractivity contribution in [1.29, 1.82) is 0 Å². The van der Waals surface area contributed by atoms with Crippen molar-refractivity contribution < 1.29 is 5.11 Å². The van der Waals surface area contributed by atoms with Gasteiger partial charge in [0, 0.05) is 13.2 Å². The number of rotatable bonds is 2. The first kappa shape index (κ1) is 10.7. The van der Waals surface area contributed by atoms with Crippen LogP contribution in [0.25, 0.3) is 0 Å². The van der Waals surface area contributed by atoms with E-state index in [-0.39, 0.29) is 0 Å². The van der Waals surface area contributed by atoms with Gasteiger partial charge in [0.2, 0.25) is 0 Å². The van der Waals surface area contributed by atoms with Crippen molar-refractivity contribution in [2.75, 3.05) is 0 Å². The summed E-state index contributed by atoms with van der Waals surface area (Å²) >= 11 is 0. The summed E-state index contributed by atoms with van der Waals surface area (Å²) < 4.78 is 1.80. The van der Waals surface area contributed by atoms with Crippen LogP contribution in [-0.2, 0) is 12.6 Å². The highest BCUT2D eigenvalue weighted by Crippen LogP contribution is 2.39. The van der Waals surface area contributed by atoms with Crippen molar-refractivity contribution in [2.45, 2.75) is 44.6 Å². The van der Waals surface area contributed by atoms with Crippen molar-refractivity contribution >= 4 is 0 Å². The Morgan fingerprint density at radius 2 is 2.20 bits per heavy atom. The number of aliphatic hydroxyl groups is 1. The lowest BCUT2D eigenvalue weighted by molar-refractivity contribution is -0.0213. The van der Waals surface area contributed by atoms with Crippen molar-refractivity contribution in [3.63, 3.8) is 0 Å². The van der Waals surface area contributed by atoms with E-state index in [9.17, 15) is 5.11 Å². The first-order valence-electron chi connectivity index (χ1n) is 5.86. The van der Waals surface area contributed by atoms with Crippen LogP contribution in [0.15, 0.2) is 12.3 Å². The second kappa shape index (κ2) is 3.97. The normalized spacial score (nSPS) is 31.8. The average Bonchev–Trinajstić information content (AvgIpc) is 2.66. The van der Waals surface area contributed by atoms with Gasteiger partial charge < -0.3 is 5.11 Å². The molecular formula is C12H20N2O. The van der Waals surface area contributed by atoms with Crippen molar-refractivity contribution in [2.24, 2.45) is 13.0 Å². The zero-order chi connectivity index (χ0) is 10.9. The smallest absolute Gasteiger partial charge is 0.106 e. The minimum atomic E-state index is -0.628. The fraction of sp³-hybridized carbons (Fsp3) is 0.750. The molecule has 1 aliphatic rings. The molecule has 0 unspecified atom stereocenters. The topological polar surface area (TPSA) is 38.1 Å². The Hall–Kier alpha value is -0.830. The van der Waals surface area contributed by atoms with Crippen LogP contribution in [0.2, 0.25) is 0 Å². The minimum Gasteiger partial charge on any atom is -0.384 e. The molecule has 0 aromatic carbocycles. The Morgan fingerprint density at radius 3 is 2.67 bits per heavy atom. The first-order valence-corrected chi connectivity index (χ1v) is 5.86. The largest absolute Gasteiger partial charge is 0.384 e. The van der Waals surface area contributed by atoms with Gasteiger partial charge in [0.15, 0.2) is 0 Å². The Morgan fingerprint density at radius 1 is 1.53 bits per heavy atom. The monoisotopic (exact) mass is 208 g/mol. The maximum Gasteiger partial charge on any atom is 0.106 e. The van der Waals surface area contributed by atoms with E-state index in [1.54, 1.807) is 10.9 Å². The lowest BCUT2D eigenvalue weighted by atomic mass is 9.76. The molecular weight excluding hydrogens is 188 g/mol. The van der Waals surface area contributed by atoms with Gasteiger partial charge in [-0.05, 0) is 37.7 Å². The number of hydrogen-bond acceptors (Lipinski definition) is 2. The van der Waals surface area contributed by atoms with Gasteiger partial charge in [-0.25, -0.2) is 0 Å². The number of nitrogens with zero attached hydrogens (tertiary/aromatic N) is 2. The summed E-state index contributed by atoms with van der Waals surface area (Å²) in [4.78, 5) is 0. The van der Waals surface area contributed by atoms with E-state index in [1.807, 2.05) is 13.1 Å². The average molecular weight is 208 g/mol. The van der Waals surface area contributed by atoms with Gasteiger partial charge in [-0.3, -0.25) is 4.68 Å². The van der Waals surface area contributed by atoms with Gasteiger partial charge in [0.25, 0.3) is 0 Å². The molecule has 0 bridgehead atoms. The fourth-order valence-corrected chi connectivity index (χ4v) is 2.65. The molecule has 1 aromatic heterocycles. The summed E-state index contributed by atoms with van der Waals surface area (Å²) in [5.41, 5.74) is 0.341. The van der Waals surface area contributed by atoms with Crippen LogP contribution in [0.1, 0.15) is 44.7 Å². The molecule has 0 atom stereocenters. The van der Waals surface area contributed by atoms with Gasteiger partial charge in [-0.2, -0.15) is 5.10 Å². The van der Waals surface area contributed by atoms with Gasteiger partial charge in [-0.15, -0.1) is 0 Å². The summed E-state index contributed by atoms with van der Waals surface area (Å²) in [6.07, 6.45) is 7.03. The summed E-state index contributed by atoms with van der Waals surface area (Å²) in [6.45, 7) is 2.24. The standard InChI is InChI=1S/C12H20N2O/c1-3-10-4-7-12(15,8-5-10)11-6-9-13-14(11)2/h6,9-10,15H,3-5,7-8H2,1-2H3. The van der Waals surface area contributed by atoms with Crippen LogP contribution in [0, 0.1) is 5.92 Å². The zero-order valence-corrected chi connectivity index (χ0v) is 9.61. The van der Waals surface area contributed by atoms with Gasteiger partial charge in [-0.1, -0.05) is 13.3 Å². The van der Waals surface area contributed by atoms with Crippen LogP contribution < -0.4 is 0 Å². The lowest BCUT2D eigenvalue weighted by Gasteiger charge is -2.35. The third kappa shape index (κ3) is 1.93. The number of aryl methyl sites for hydroxylation is 1. The van der Waals surface area contributed by atoms with Crippen LogP contribution in [0.3, 0.4) is 0 Å². The lowest BCUT2D eigenvalue weighted by Crippen LogP contribution is -2.33. The molecule has 2 rings (SSSR count). The van der Waals surface area contributed by atoms with E-state index in [4.69, 9.17) is 0 Å². The molecule has 0 spiro atoms. The molecule has 0 radical (unpaired) electrons. The molecule has 1 aromatic rings. The SMILES string of the molecule is CCC1CCC(O)(c2ccnn2C)CC1. The molecule has 0 saturated heterocycles. The van der Waals surface area contributed by atoms with Crippen molar-refractivity contribution in [3.8, 4) is 0 Å². The Kier molecular flexibility index (Phi) is 2.83.